The SMILES string of the molecule is Nc1ccc(-c2cncn2Cc2cc(Br)cs2)cn1. The smallest absolute Gasteiger partial charge is 0.123 e. The van der Waals surface area contributed by atoms with Crippen molar-refractivity contribution in [3.63, 3.8) is 0 Å². The van der Waals surface area contributed by atoms with E-state index in [1.54, 1.807) is 23.6 Å². The number of nitrogen functional groups attached to an aromatic ring is 1. The largest absolute Gasteiger partial charge is 0.384 e. The molecule has 0 unspecified atom stereocenters. The highest BCUT2D eigenvalue weighted by Crippen LogP contribution is 2.24. The van der Waals surface area contributed by atoms with Crippen LogP contribution in [0, 0.1) is 0 Å². The van der Waals surface area contributed by atoms with Gasteiger partial charge in [0.05, 0.1) is 24.8 Å². The number of rotatable bonds is 3. The van der Waals surface area contributed by atoms with E-state index in [-0.39, 0.29) is 0 Å². The van der Waals surface area contributed by atoms with E-state index in [1.165, 1.54) is 4.88 Å². The minimum absolute atomic E-state index is 0.525. The highest BCUT2D eigenvalue weighted by Gasteiger charge is 2.07. The Hall–Kier alpha value is -1.66. The lowest BCUT2D eigenvalue weighted by atomic mass is 10.2. The van der Waals surface area contributed by atoms with Crippen molar-refractivity contribution in [2.45, 2.75) is 6.54 Å². The van der Waals surface area contributed by atoms with Gasteiger partial charge in [0.25, 0.3) is 0 Å². The Morgan fingerprint density at radius 1 is 1.32 bits per heavy atom. The van der Waals surface area contributed by atoms with Gasteiger partial charge in [0, 0.05) is 26.5 Å². The fraction of sp³-hybridized carbons (Fsp3) is 0.0769. The number of nitrogens with two attached hydrogens (primary N) is 1. The minimum Gasteiger partial charge on any atom is -0.384 e. The summed E-state index contributed by atoms with van der Waals surface area (Å²) in [5, 5.41) is 2.08. The zero-order chi connectivity index (χ0) is 13.2. The molecule has 0 spiro atoms. The van der Waals surface area contributed by atoms with Gasteiger partial charge in [-0.2, -0.15) is 0 Å². The van der Waals surface area contributed by atoms with Gasteiger partial charge in [-0.1, -0.05) is 0 Å². The predicted octanol–water partition coefficient (Wildman–Crippen LogP) is 3.40. The lowest BCUT2D eigenvalue weighted by Gasteiger charge is -2.06. The molecule has 0 radical (unpaired) electrons. The van der Waals surface area contributed by atoms with Gasteiger partial charge in [-0.05, 0) is 34.1 Å². The maximum atomic E-state index is 5.61. The second-order valence-corrected chi connectivity index (χ2v) is 6.02. The van der Waals surface area contributed by atoms with E-state index in [2.05, 4.69) is 41.9 Å². The second-order valence-electron chi connectivity index (χ2n) is 4.11. The van der Waals surface area contributed by atoms with Crippen molar-refractivity contribution in [2.24, 2.45) is 0 Å². The van der Waals surface area contributed by atoms with Crippen LogP contribution in [0.1, 0.15) is 4.88 Å². The molecule has 0 aliphatic carbocycles. The van der Waals surface area contributed by atoms with Gasteiger partial charge in [0.2, 0.25) is 0 Å². The van der Waals surface area contributed by atoms with Crippen molar-refractivity contribution in [1.29, 1.82) is 0 Å². The van der Waals surface area contributed by atoms with Crippen LogP contribution in [0.5, 0.6) is 0 Å². The summed E-state index contributed by atoms with van der Waals surface area (Å²) in [7, 11) is 0. The summed E-state index contributed by atoms with van der Waals surface area (Å²) >= 11 is 5.19. The number of anilines is 1. The standard InChI is InChI=1S/C13H11BrN4S/c14-10-3-11(19-7-10)6-18-8-16-5-12(18)9-1-2-13(15)17-4-9/h1-5,7-8H,6H2,(H2,15,17). The highest BCUT2D eigenvalue weighted by molar-refractivity contribution is 9.10. The molecule has 0 saturated carbocycles. The zero-order valence-corrected chi connectivity index (χ0v) is 12.4. The lowest BCUT2D eigenvalue weighted by molar-refractivity contribution is 0.817. The normalized spacial score (nSPS) is 10.8. The lowest BCUT2D eigenvalue weighted by Crippen LogP contribution is -1.99. The molecule has 0 saturated heterocycles. The van der Waals surface area contributed by atoms with Crippen molar-refractivity contribution < 1.29 is 0 Å². The quantitative estimate of drug-likeness (QED) is 0.798. The van der Waals surface area contributed by atoms with Gasteiger partial charge in [0.15, 0.2) is 0 Å². The van der Waals surface area contributed by atoms with Crippen LogP contribution in [0.15, 0.2) is 46.8 Å². The number of imidazole rings is 1. The van der Waals surface area contributed by atoms with Crippen molar-refractivity contribution in [1.82, 2.24) is 14.5 Å². The summed E-state index contributed by atoms with van der Waals surface area (Å²) < 4.78 is 3.22. The molecule has 4 nitrogen and oxygen atoms in total. The summed E-state index contributed by atoms with van der Waals surface area (Å²) in [6.45, 7) is 0.802. The fourth-order valence-corrected chi connectivity index (χ4v) is 3.30. The van der Waals surface area contributed by atoms with E-state index >= 15 is 0 Å². The molecule has 0 bridgehead atoms. The van der Waals surface area contributed by atoms with Crippen LogP contribution in [-0.2, 0) is 6.54 Å². The zero-order valence-electron chi connectivity index (χ0n) is 9.95. The maximum absolute atomic E-state index is 5.61. The number of halogens is 1. The van der Waals surface area contributed by atoms with E-state index in [4.69, 9.17) is 5.73 Å². The molecule has 0 atom stereocenters. The number of thiophene rings is 1. The highest BCUT2D eigenvalue weighted by atomic mass is 79.9. The van der Waals surface area contributed by atoms with Crippen LogP contribution < -0.4 is 5.73 Å². The average Bonchev–Trinajstić information content (AvgIpc) is 3.00. The van der Waals surface area contributed by atoms with Crippen LogP contribution in [0.3, 0.4) is 0 Å². The summed E-state index contributed by atoms with van der Waals surface area (Å²) in [6.07, 6.45) is 5.45. The van der Waals surface area contributed by atoms with Gasteiger partial charge < -0.3 is 10.3 Å². The molecule has 2 N–H and O–H groups in total. The second kappa shape index (κ2) is 5.14. The molecule has 19 heavy (non-hydrogen) atoms. The Bertz CT molecular complexity index is 687. The Morgan fingerprint density at radius 3 is 2.89 bits per heavy atom. The molecule has 0 fully saturated rings. The maximum Gasteiger partial charge on any atom is 0.123 e. The van der Waals surface area contributed by atoms with Crippen molar-refractivity contribution in [2.75, 3.05) is 5.73 Å². The van der Waals surface area contributed by atoms with E-state index in [9.17, 15) is 0 Å². The third-order valence-electron chi connectivity index (χ3n) is 2.74. The molecule has 3 aromatic heterocycles. The molecule has 3 aromatic rings. The molecule has 0 aliphatic heterocycles. The van der Waals surface area contributed by atoms with Crippen LogP contribution in [0.4, 0.5) is 5.82 Å². The molecule has 0 aromatic carbocycles. The predicted molar refractivity (Wildman–Crippen MR) is 81.0 cm³/mol. The molecule has 0 amide bonds. The third-order valence-corrected chi connectivity index (χ3v) is 4.42. The number of aromatic nitrogens is 3. The van der Waals surface area contributed by atoms with Gasteiger partial charge in [0.1, 0.15) is 5.82 Å². The third kappa shape index (κ3) is 2.69. The molecular formula is C13H11BrN4S. The van der Waals surface area contributed by atoms with E-state index in [0.717, 1.165) is 22.3 Å². The summed E-state index contributed by atoms with van der Waals surface area (Å²) in [6, 6.07) is 5.88. The molecule has 0 aliphatic rings. The fourth-order valence-electron chi connectivity index (χ4n) is 1.85. The minimum atomic E-state index is 0.525. The van der Waals surface area contributed by atoms with Crippen LogP contribution in [0.25, 0.3) is 11.3 Å². The first-order chi connectivity index (χ1) is 9.22. The monoisotopic (exact) mass is 334 g/mol. The van der Waals surface area contributed by atoms with E-state index < -0.39 is 0 Å². The number of hydrogen-bond acceptors (Lipinski definition) is 4. The van der Waals surface area contributed by atoms with Crippen molar-refractivity contribution in [3.8, 4) is 11.3 Å². The Morgan fingerprint density at radius 2 is 2.21 bits per heavy atom. The summed E-state index contributed by atoms with van der Waals surface area (Å²) in [5.74, 6) is 0.525. The molecule has 96 valence electrons. The molecule has 3 rings (SSSR count). The van der Waals surface area contributed by atoms with Gasteiger partial charge >= 0.3 is 0 Å². The summed E-state index contributed by atoms with van der Waals surface area (Å²) in [4.78, 5) is 9.61. The topological polar surface area (TPSA) is 56.7 Å². The van der Waals surface area contributed by atoms with E-state index in [0.29, 0.717) is 5.82 Å². The first kappa shape index (κ1) is 12.4. The van der Waals surface area contributed by atoms with Gasteiger partial charge in [-0.25, -0.2) is 9.97 Å². The number of pyridine rings is 1. The summed E-state index contributed by atoms with van der Waals surface area (Å²) in [5.41, 5.74) is 7.66. The molecule has 6 heteroatoms. The first-order valence-electron chi connectivity index (χ1n) is 5.67. The van der Waals surface area contributed by atoms with Gasteiger partial charge in [-0.3, -0.25) is 0 Å². The van der Waals surface area contributed by atoms with Crippen molar-refractivity contribution in [3.05, 3.63) is 51.7 Å². The Kier molecular flexibility index (Phi) is 3.35. The van der Waals surface area contributed by atoms with Crippen LogP contribution in [0.2, 0.25) is 0 Å². The van der Waals surface area contributed by atoms with E-state index in [1.807, 2.05) is 18.6 Å². The molecular weight excluding hydrogens is 324 g/mol. The van der Waals surface area contributed by atoms with Crippen molar-refractivity contribution >= 4 is 33.1 Å². The average molecular weight is 335 g/mol. The molecule has 3 heterocycles. The Balaban J connectivity index is 1.92. The first-order valence-corrected chi connectivity index (χ1v) is 7.34. The number of hydrogen-bond donors (Lipinski definition) is 1. The Labute approximate surface area is 123 Å². The van der Waals surface area contributed by atoms with Crippen LogP contribution >= 0.6 is 27.3 Å². The van der Waals surface area contributed by atoms with Gasteiger partial charge in [-0.15, -0.1) is 11.3 Å². The van der Waals surface area contributed by atoms with Crippen LogP contribution in [-0.4, -0.2) is 14.5 Å². The number of nitrogens with zero attached hydrogens (tertiary/aromatic N) is 3.